The molecule has 0 saturated heterocycles. The van der Waals surface area contributed by atoms with E-state index in [1.807, 2.05) is 6.08 Å². The van der Waals surface area contributed by atoms with Crippen LogP contribution in [0.5, 0.6) is 0 Å². The molecule has 76 heavy (non-hydrogen) atoms. The second-order valence-corrected chi connectivity index (χ2v) is 21.3. The summed E-state index contributed by atoms with van der Waals surface area (Å²) in [4.78, 5) is 38.2. The summed E-state index contributed by atoms with van der Waals surface area (Å²) in [5.74, 6) is -1.04. The molecule has 0 saturated carbocycles. The monoisotopic (exact) mass is 1060 g/mol. The highest BCUT2D eigenvalue weighted by Crippen LogP contribution is 2.16. The minimum absolute atomic E-state index is 0.110. The van der Waals surface area contributed by atoms with Crippen molar-refractivity contribution in [2.24, 2.45) is 0 Å². The first-order chi connectivity index (χ1) is 37.5. The van der Waals surface area contributed by atoms with Crippen LogP contribution in [0.4, 0.5) is 0 Å². The van der Waals surface area contributed by atoms with Crippen molar-refractivity contribution in [1.82, 2.24) is 0 Å². The van der Waals surface area contributed by atoms with Gasteiger partial charge in [-0.1, -0.05) is 285 Å². The lowest BCUT2D eigenvalue weighted by Crippen LogP contribution is -2.30. The quantitative estimate of drug-likeness (QED) is 0.0261. The van der Waals surface area contributed by atoms with Gasteiger partial charge in [0.25, 0.3) is 0 Å². The van der Waals surface area contributed by atoms with E-state index in [-0.39, 0.29) is 31.6 Å². The maximum absolute atomic E-state index is 12.9. The summed E-state index contributed by atoms with van der Waals surface area (Å²) in [6.07, 6.45) is 85.9. The van der Waals surface area contributed by atoms with Gasteiger partial charge in [-0.2, -0.15) is 0 Å². The molecule has 0 aromatic carbocycles. The van der Waals surface area contributed by atoms with E-state index in [4.69, 9.17) is 14.2 Å². The third-order valence-electron chi connectivity index (χ3n) is 13.8. The predicted octanol–water partition coefficient (Wildman–Crippen LogP) is 22.0. The first kappa shape index (κ1) is 72.3. The zero-order chi connectivity index (χ0) is 55.0. The Morgan fingerprint density at radius 3 is 0.947 bits per heavy atom. The Morgan fingerprint density at radius 2 is 0.566 bits per heavy atom. The van der Waals surface area contributed by atoms with Crippen molar-refractivity contribution in [3.05, 3.63) is 97.2 Å². The number of hydrogen-bond acceptors (Lipinski definition) is 6. The van der Waals surface area contributed by atoms with E-state index in [0.717, 1.165) is 83.5 Å². The van der Waals surface area contributed by atoms with Gasteiger partial charge in [0.1, 0.15) is 13.2 Å². The van der Waals surface area contributed by atoms with E-state index in [9.17, 15) is 14.4 Å². The van der Waals surface area contributed by atoms with Crippen LogP contribution in [0.25, 0.3) is 0 Å². The number of ether oxygens (including phenoxy) is 3. The fourth-order valence-electron chi connectivity index (χ4n) is 9.01. The molecule has 0 fully saturated rings. The van der Waals surface area contributed by atoms with Crippen LogP contribution in [0.2, 0.25) is 0 Å². The lowest BCUT2D eigenvalue weighted by atomic mass is 10.0. The molecule has 1 atom stereocenters. The molecule has 0 aromatic rings. The standard InChI is InChI=1S/C70H120O6/c1-4-7-10-13-16-19-22-25-28-30-32-33-34-35-36-37-38-40-42-45-48-51-54-57-60-63-69(72)75-66-67(65-74-68(71)62-59-56-53-50-47-44-41-27-24-21-18-15-12-9-6-3)76-70(73)64-61-58-55-52-49-46-43-39-31-29-26-23-20-17-14-11-8-5-2/h9,12,18,20-21,23,27,29-32,41,47,50,56,59,67H,4-8,10-11,13-17,19,22,24-26,28,33-40,42-46,48-49,51-55,57-58,60-66H2,1-3H3/b12-9-,21-18-,23-20-,31-29-,32-30-,41-27-,50-47-,59-56-. The molecule has 0 spiro atoms. The average Bonchev–Trinajstić information content (AvgIpc) is 3.42. The molecular formula is C70H120O6. The molecule has 6 nitrogen and oxygen atoms in total. The number of carbonyl (C=O) groups is 3. The van der Waals surface area contributed by atoms with Gasteiger partial charge >= 0.3 is 17.9 Å². The third-order valence-corrected chi connectivity index (χ3v) is 13.8. The van der Waals surface area contributed by atoms with E-state index in [1.165, 1.54) is 186 Å². The fourth-order valence-corrected chi connectivity index (χ4v) is 9.01. The highest BCUT2D eigenvalue weighted by molar-refractivity contribution is 5.72. The maximum atomic E-state index is 12.9. The van der Waals surface area contributed by atoms with Gasteiger partial charge in [-0.15, -0.1) is 0 Å². The zero-order valence-corrected chi connectivity index (χ0v) is 50.0. The van der Waals surface area contributed by atoms with E-state index in [2.05, 4.69) is 106 Å². The Balaban J connectivity index is 4.39. The number of rotatable bonds is 58. The molecular weight excluding hydrogens is 937 g/mol. The highest BCUT2D eigenvalue weighted by Gasteiger charge is 2.19. The highest BCUT2D eigenvalue weighted by atomic mass is 16.6. The van der Waals surface area contributed by atoms with Gasteiger partial charge in [0, 0.05) is 12.8 Å². The van der Waals surface area contributed by atoms with E-state index in [0.29, 0.717) is 12.8 Å². The van der Waals surface area contributed by atoms with Gasteiger partial charge in [0.05, 0.1) is 6.42 Å². The summed E-state index contributed by atoms with van der Waals surface area (Å²) in [7, 11) is 0. The molecule has 0 radical (unpaired) electrons. The molecule has 1 unspecified atom stereocenters. The lowest BCUT2D eigenvalue weighted by Gasteiger charge is -2.18. The van der Waals surface area contributed by atoms with Crippen LogP contribution < -0.4 is 0 Å². The van der Waals surface area contributed by atoms with Crippen LogP contribution in [0.15, 0.2) is 97.2 Å². The zero-order valence-electron chi connectivity index (χ0n) is 50.0. The largest absolute Gasteiger partial charge is 0.462 e. The smallest absolute Gasteiger partial charge is 0.309 e. The first-order valence-electron chi connectivity index (χ1n) is 32.2. The molecule has 0 N–H and O–H groups in total. The summed E-state index contributed by atoms with van der Waals surface area (Å²) >= 11 is 0. The van der Waals surface area contributed by atoms with E-state index < -0.39 is 12.1 Å². The topological polar surface area (TPSA) is 78.9 Å². The normalized spacial score (nSPS) is 12.7. The van der Waals surface area contributed by atoms with Crippen molar-refractivity contribution in [2.75, 3.05) is 13.2 Å². The predicted molar refractivity (Wildman–Crippen MR) is 330 cm³/mol. The Bertz CT molecular complexity index is 1490. The summed E-state index contributed by atoms with van der Waals surface area (Å²) in [6.45, 7) is 6.44. The minimum Gasteiger partial charge on any atom is -0.462 e. The lowest BCUT2D eigenvalue weighted by molar-refractivity contribution is -0.166. The molecule has 0 aliphatic rings. The Morgan fingerprint density at radius 1 is 0.289 bits per heavy atom. The van der Waals surface area contributed by atoms with E-state index >= 15 is 0 Å². The Kier molecular flexibility index (Phi) is 60.8. The number of carbonyl (C=O) groups excluding carboxylic acids is 3. The van der Waals surface area contributed by atoms with Crippen LogP contribution >= 0.6 is 0 Å². The second kappa shape index (κ2) is 63.9. The average molecular weight is 1060 g/mol. The first-order valence-corrected chi connectivity index (χ1v) is 32.2. The van der Waals surface area contributed by atoms with E-state index in [1.54, 1.807) is 6.08 Å². The second-order valence-electron chi connectivity index (χ2n) is 21.3. The van der Waals surface area contributed by atoms with Crippen LogP contribution in [-0.2, 0) is 28.6 Å². The summed E-state index contributed by atoms with van der Waals surface area (Å²) in [5.41, 5.74) is 0. The molecule has 0 bridgehead atoms. The molecule has 436 valence electrons. The Labute approximate surface area is 470 Å². The van der Waals surface area contributed by atoms with Crippen molar-refractivity contribution in [3.63, 3.8) is 0 Å². The third kappa shape index (κ3) is 61.2. The van der Waals surface area contributed by atoms with Crippen molar-refractivity contribution in [1.29, 1.82) is 0 Å². The number of esters is 3. The molecule has 0 rings (SSSR count). The molecule has 0 aliphatic heterocycles. The molecule has 0 aliphatic carbocycles. The molecule has 0 aromatic heterocycles. The molecule has 6 heteroatoms. The number of unbranched alkanes of at least 4 members (excludes halogenated alkanes) is 32. The van der Waals surface area contributed by atoms with Crippen molar-refractivity contribution >= 4 is 17.9 Å². The van der Waals surface area contributed by atoms with Gasteiger partial charge in [0.15, 0.2) is 6.10 Å². The summed E-state index contributed by atoms with van der Waals surface area (Å²) in [6, 6.07) is 0. The van der Waals surface area contributed by atoms with Gasteiger partial charge in [-0.25, -0.2) is 0 Å². The number of hydrogen-bond donors (Lipinski definition) is 0. The fraction of sp³-hybridized carbons (Fsp3) is 0.729. The summed E-state index contributed by atoms with van der Waals surface area (Å²) < 4.78 is 16.8. The van der Waals surface area contributed by atoms with Gasteiger partial charge in [-0.05, 0) is 103 Å². The van der Waals surface area contributed by atoms with Crippen molar-refractivity contribution in [2.45, 2.75) is 316 Å². The number of allylic oxidation sites excluding steroid dienone is 15. The van der Waals surface area contributed by atoms with Crippen LogP contribution in [0.1, 0.15) is 310 Å². The van der Waals surface area contributed by atoms with Gasteiger partial charge in [-0.3, -0.25) is 14.4 Å². The van der Waals surface area contributed by atoms with Gasteiger partial charge < -0.3 is 14.2 Å². The SMILES string of the molecule is CC/C=C\C/C=C\C/C=C\C/C=C\C/C=C\CC(=O)OCC(COC(=O)CCCCCCCCCCCCCCC/C=C\CCCCCCCCCC)OC(=O)CCCCCCCCC/C=C\C/C=C\CCCCCC. The molecule has 0 heterocycles. The van der Waals surface area contributed by atoms with Gasteiger partial charge in [0.2, 0.25) is 0 Å². The van der Waals surface area contributed by atoms with Crippen molar-refractivity contribution in [3.8, 4) is 0 Å². The summed E-state index contributed by atoms with van der Waals surface area (Å²) in [5, 5.41) is 0. The van der Waals surface area contributed by atoms with Crippen LogP contribution in [0, 0.1) is 0 Å². The Hall–Kier alpha value is -3.67. The van der Waals surface area contributed by atoms with Crippen LogP contribution in [-0.4, -0.2) is 37.2 Å². The minimum atomic E-state index is -0.823. The van der Waals surface area contributed by atoms with Crippen LogP contribution in [0.3, 0.4) is 0 Å². The maximum Gasteiger partial charge on any atom is 0.309 e. The molecule has 0 amide bonds. The van der Waals surface area contributed by atoms with Crippen molar-refractivity contribution < 1.29 is 28.6 Å².